The predicted octanol–water partition coefficient (Wildman–Crippen LogP) is 1.11. The fourth-order valence-electron chi connectivity index (χ4n) is 2.21. The molecule has 88 valence electrons. The number of anilines is 2. The van der Waals surface area contributed by atoms with Crippen molar-refractivity contribution < 1.29 is 0 Å². The van der Waals surface area contributed by atoms with E-state index in [4.69, 9.17) is 5.73 Å². The third kappa shape index (κ3) is 2.27. The summed E-state index contributed by atoms with van der Waals surface area (Å²) in [7, 11) is 0. The zero-order valence-electron chi connectivity index (χ0n) is 10.1. The second-order valence-corrected chi connectivity index (χ2v) is 4.32. The molecule has 1 aromatic rings. The van der Waals surface area contributed by atoms with Gasteiger partial charge in [-0.25, -0.2) is 4.98 Å². The van der Waals surface area contributed by atoms with Gasteiger partial charge in [-0.05, 0) is 25.1 Å². The van der Waals surface area contributed by atoms with Crippen molar-refractivity contribution in [2.24, 2.45) is 0 Å². The van der Waals surface area contributed by atoms with E-state index in [0.29, 0.717) is 5.82 Å². The van der Waals surface area contributed by atoms with E-state index in [1.165, 1.54) is 11.3 Å². The Morgan fingerprint density at radius 3 is 2.56 bits per heavy atom. The number of likely N-dealkylation sites (N-methyl/N-ethyl adjacent to an activating group) is 1. The molecule has 1 aromatic heterocycles. The van der Waals surface area contributed by atoms with E-state index >= 15 is 0 Å². The van der Waals surface area contributed by atoms with E-state index in [9.17, 15) is 0 Å². The summed E-state index contributed by atoms with van der Waals surface area (Å²) in [6.07, 6.45) is 1.90. The molecule has 2 N–H and O–H groups in total. The van der Waals surface area contributed by atoms with E-state index in [2.05, 4.69) is 28.6 Å². The molecule has 0 aliphatic carbocycles. The summed E-state index contributed by atoms with van der Waals surface area (Å²) < 4.78 is 0. The van der Waals surface area contributed by atoms with Crippen LogP contribution in [-0.2, 0) is 0 Å². The van der Waals surface area contributed by atoms with E-state index in [-0.39, 0.29) is 0 Å². The van der Waals surface area contributed by atoms with Crippen molar-refractivity contribution in [3.63, 3.8) is 0 Å². The van der Waals surface area contributed by atoms with E-state index in [1.54, 1.807) is 0 Å². The van der Waals surface area contributed by atoms with Gasteiger partial charge in [0, 0.05) is 26.2 Å². The van der Waals surface area contributed by atoms with Crippen LogP contribution in [0.5, 0.6) is 0 Å². The van der Waals surface area contributed by atoms with E-state index < -0.39 is 0 Å². The number of hydrogen-bond acceptors (Lipinski definition) is 4. The Morgan fingerprint density at radius 2 is 2.00 bits per heavy atom. The molecule has 0 aromatic carbocycles. The highest BCUT2D eigenvalue weighted by molar-refractivity contribution is 5.55. The van der Waals surface area contributed by atoms with Crippen molar-refractivity contribution in [3.8, 4) is 0 Å². The lowest BCUT2D eigenvalue weighted by Gasteiger charge is -2.36. The van der Waals surface area contributed by atoms with E-state index in [0.717, 1.165) is 32.7 Å². The highest BCUT2D eigenvalue weighted by Crippen LogP contribution is 2.21. The molecule has 0 radical (unpaired) electrons. The number of nitrogens with two attached hydrogens (primary N) is 1. The van der Waals surface area contributed by atoms with Crippen molar-refractivity contribution in [3.05, 3.63) is 17.8 Å². The molecule has 0 unspecified atom stereocenters. The van der Waals surface area contributed by atoms with Crippen LogP contribution in [0.25, 0.3) is 0 Å². The van der Waals surface area contributed by atoms with Crippen molar-refractivity contribution in [2.45, 2.75) is 13.8 Å². The monoisotopic (exact) mass is 220 g/mol. The Bertz CT molecular complexity index is 356. The number of pyridine rings is 1. The van der Waals surface area contributed by atoms with Gasteiger partial charge in [-0.15, -0.1) is 0 Å². The Kier molecular flexibility index (Phi) is 3.29. The lowest BCUT2D eigenvalue weighted by Crippen LogP contribution is -2.46. The smallest absolute Gasteiger partial charge is 0.123 e. The molecule has 0 saturated carbocycles. The first-order valence-electron chi connectivity index (χ1n) is 5.90. The van der Waals surface area contributed by atoms with Crippen molar-refractivity contribution in [1.82, 2.24) is 9.88 Å². The maximum Gasteiger partial charge on any atom is 0.123 e. The van der Waals surface area contributed by atoms with Gasteiger partial charge >= 0.3 is 0 Å². The van der Waals surface area contributed by atoms with Crippen molar-refractivity contribution in [2.75, 3.05) is 43.4 Å². The minimum Gasteiger partial charge on any atom is -0.384 e. The minimum atomic E-state index is 0.605. The lowest BCUT2D eigenvalue weighted by atomic mass is 10.2. The van der Waals surface area contributed by atoms with Crippen LogP contribution < -0.4 is 10.6 Å². The molecule has 0 amide bonds. The van der Waals surface area contributed by atoms with Crippen LogP contribution in [0.3, 0.4) is 0 Å². The number of piperazine rings is 1. The zero-order chi connectivity index (χ0) is 11.5. The fourth-order valence-corrected chi connectivity index (χ4v) is 2.21. The molecule has 0 spiro atoms. The fraction of sp³-hybridized carbons (Fsp3) is 0.583. The average Bonchev–Trinajstić information content (AvgIpc) is 2.29. The summed E-state index contributed by atoms with van der Waals surface area (Å²) in [5.41, 5.74) is 8.11. The second kappa shape index (κ2) is 4.70. The van der Waals surface area contributed by atoms with Crippen LogP contribution in [0, 0.1) is 6.92 Å². The number of aryl methyl sites for hydroxylation is 1. The van der Waals surface area contributed by atoms with Gasteiger partial charge in [0.25, 0.3) is 0 Å². The van der Waals surface area contributed by atoms with Gasteiger partial charge in [0.1, 0.15) is 5.82 Å². The molecule has 4 heteroatoms. The summed E-state index contributed by atoms with van der Waals surface area (Å²) in [5, 5.41) is 0. The SMILES string of the molecule is CCN1CCN(c2cnc(N)cc2C)CC1. The molecule has 1 aliphatic rings. The molecule has 1 fully saturated rings. The number of rotatable bonds is 2. The van der Waals surface area contributed by atoms with Crippen molar-refractivity contribution in [1.29, 1.82) is 0 Å². The number of nitrogens with zero attached hydrogens (tertiary/aromatic N) is 3. The molecule has 16 heavy (non-hydrogen) atoms. The summed E-state index contributed by atoms with van der Waals surface area (Å²) in [4.78, 5) is 9.04. The molecule has 0 atom stereocenters. The van der Waals surface area contributed by atoms with Crippen LogP contribution >= 0.6 is 0 Å². The number of aromatic nitrogens is 1. The topological polar surface area (TPSA) is 45.4 Å². The van der Waals surface area contributed by atoms with Gasteiger partial charge in [0.05, 0.1) is 11.9 Å². The standard InChI is InChI=1S/C12H20N4/c1-3-15-4-6-16(7-5-15)11-9-14-12(13)8-10(11)2/h8-9H,3-7H2,1-2H3,(H2,13,14). The number of nitrogen functional groups attached to an aromatic ring is 1. The first-order chi connectivity index (χ1) is 7.70. The maximum absolute atomic E-state index is 5.66. The quantitative estimate of drug-likeness (QED) is 0.811. The normalized spacial score (nSPS) is 17.8. The minimum absolute atomic E-state index is 0.605. The van der Waals surface area contributed by atoms with Crippen LogP contribution in [0.4, 0.5) is 11.5 Å². The Morgan fingerprint density at radius 1 is 1.31 bits per heavy atom. The summed E-state index contributed by atoms with van der Waals surface area (Å²) in [6.45, 7) is 9.90. The van der Waals surface area contributed by atoms with Gasteiger partial charge in [0.15, 0.2) is 0 Å². The summed E-state index contributed by atoms with van der Waals surface area (Å²) in [5.74, 6) is 0.605. The molecular formula is C12H20N4. The van der Waals surface area contributed by atoms with E-state index in [1.807, 2.05) is 12.3 Å². The molecular weight excluding hydrogens is 200 g/mol. The van der Waals surface area contributed by atoms with Crippen LogP contribution in [0.1, 0.15) is 12.5 Å². The first kappa shape index (κ1) is 11.2. The summed E-state index contributed by atoms with van der Waals surface area (Å²) in [6, 6.07) is 1.95. The van der Waals surface area contributed by atoms with Gasteiger partial charge in [-0.3, -0.25) is 0 Å². The van der Waals surface area contributed by atoms with Gasteiger partial charge in [-0.1, -0.05) is 6.92 Å². The first-order valence-corrected chi connectivity index (χ1v) is 5.90. The molecule has 1 aliphatic heterocycles. The molecule has 0 bridgehead atoms. The summed E-state index contributed by atoms with van der Waals surface area (Å²) >= 11 is 0. The molecule has 1 saturated heterocycles. The Labute approximate surface area is 97.1 Å². The Balaban J connectivity index is 2.08. The molecule has 2 heterocycles. The molecule has 2 rings (SSSR count). The lowest BCUT2D eigenvalue weighted by molar-refractivity contribution is 0.271. The van der Waals surface area contributed by atoms with Crippen molar-refractivity contribution >= 4 is 11.5 Å². The Hall–Kier alpha value is -1.29. The second-order valence-electron chi connectivity index (χ2n) is 4.32. The highest BCUT2D eigenvalue weighted by Gasteiger charge is 2.17. The largest absolute Gasteiger partial charge is 0.384 e. The van der Waals surface area contributed by atoms with Crippen LogP contribution in [0.2, 0.25) is 0 Å². The predicted molar refractivity (Wildman–Crippen MR) is 67.7 cm³/mol. The van der Waals surface area contributed by atoms with Gasteiger partial charge in [0.2, 0.25) is 0 Å². The van der Waals surface area contributed by atoms with Crippen LogP contribution in [0.15, 0.2) is 12.3 Å². The highest BCUT2D eigenvalue weighted by atomic mass is 15.3. The third-order valence-corrected chi connectivity index (χ3v) is 3.26. The van der Waals surface area contributed by atoms with Gasteiger partial charge < -0.3 is 15.5 Å². The molecule has 4 nitrogen and oxygen atoms in total. The average molecular weight is 220 g/mol. The zero-order valence-corrected chi connectivity index (χ0v) is 10.1. The maximum atomic E-state index is 5.66. The van der Waals surface area contributed by atoms with Gasteiger partial charge in [-0.2, -0.15) is 0 Å². The number of hydrogen-bond donors (Lipinski definition) is 1. The third-order valence-electron chi connectivity index (χ3n) is 3.26. The van der Waals surface area contributed by atoms with Crippen LogP contribution in [-0.4, -0.2) is 42.6 Å².